The van der Waals surface area contributed by atoms with Crippen molar-refractivity contribution >= 4 is 43.2 Å². The number of unbranched alkanes of at least 4 members (excludes halogenated alkanes) is 1. The lowest BCUT2D eigenvalue weighted by atomic mass is 10.1. The van der Waals surface area contributed by atoms with Gasteiger partial charge in [-0.15, -0.1) is 0 Å². The van der Waals surface area contributed by atoms with E-state index in [2.05, 4.69) is 32.5 Å². The third-order valence-electron chi connectivity index (χ3n) is 6.05. The molecule has 0 spiro atoms. The number of carbonyl (C=O) groups is 1. The Morgan fingerprint density at radius 2 is 1.86 bits per heavy atom. The molecule has 1 aromatic heterocycles. The highest BCUT2D eigenvalue weighted by atomic mass is 79.9. The fraction of sp³-hybridized carbons (Fsp3) is 0.346. The quantitative estimate of drug-likeness (QED) is 0.335. The summed E-state index contributed by atoms with van der Waals surface area (Å²) in [7, 11) is -3.80. The number of benzene rings is 2. The molecule has 1 saturated heterocycles. The Hall–Kier alpha value is -2.78. The van der Waals surface area contributed by atoms with E-state index >= 15 is 0 Å². The zero-order valence-corrected chi connectivity index (χ0v) is 22.1. The summed E-state index contributed by atoms with van der Waals surface area (Å²) in [5.74, 6) is 0.726. The lowest BCUT2D eigenvalue weighted by Crippen LogP contribution is -2.31. The van der Waals surface area contributed by atoms with Crippen LogP contribution in [0.1, 0.15) is 48.7 Å². The minimum absolute atomic E-state index is 0.0804. The van der Waals surface area contributed by atoms with Gasteiger partial charge in [-0.2, -0.15) is 0 Å². The van der Waals surface area contributed by atoms with Crippen LogP contribution in [0.25, 0.3) is 0 Å². The van der Waals surface area contributed by atoms with Crippen molar-refractivity contribution in [3.05, 3.63) is 76.7 Å². The molecule has 2 heterocycles. The van der Waals surface area contributed by atoms with Crippen LogP contribution in [-0.4, -0.2) is 38.9 Å². The highest BCUT2D eigenvalue weighted by Gasteiger charge is 2.25. The van der Waals surface area contributed by atoms with Gasteiger partial charge in [0.1, 0.15) is 5.76 Å². The molecule has 2 aromatic carbocycles. The molecule has 1 fully saturated rings. The Morgan fingerprint density at radius 3 is 2.51 bits per heavy atom. The number of rotatable bonds is 10. The van der Waals surface area contributed by atoms with Crippen LogP contribution in [0.4, 0.5) is 11.4 Å². The van der Waals surface area contributed by atoms with Gasteiger partial charge in [0.05, 0.1) is 29.0 Å². The maximum Gasteiger partial charge on any atom is 0.261 e. The van der Waals surface area contributed by atoms with Gasteiger partial charge in [-0.1, -0.05) is 29.3 Å². The summed E-state index contributed by atoms with van der Waals surface area (Å²) in [4.78, 5) is 17.7. The first-order chi connectivity index (χ1) is 16.9. The topological polar surface area (TPSA) is 82.9 Å². The predicted molar refractivity (Wildman–Crippen MR) is 141 cm³/mol. The van der Waals surface area contributed by atoms with Crippen molar-refractivity contribution in [3.63, 3.8) is 0 Å². The molecule has 1 aliphatic heterocycles. The third-order valence-corrected chi connectivity index (χ3v) is 7.97. The second-order valence-electron chi connectivity index (χ2n) is 8.65. The minimum atomic E-state index is -3.80. The maximum absolute atomic E-state index is 13.6. The van der Waals surface area contributed by atoms with Gasteiger partial charge in [-0.05, 0) is 73.9 Å². The Balaban J connectivity index is 1.70. The van der Waals surface area contributed by atoms with Gasteiger partial charge >= 0.3 is 0 Å². The van der Waals surface area contributed by atoms with Gasteiger partial charge in [0.2, 0.25) is 0 Å². The van der Waals surface area contributed by atoms with Crippen LogP contribution in [0.3, 0.4) is 0 Å². The SMILES string of the molecule is CCCCN(Cc1ccco1)c1ccc(NS(=O)(=O)c2ccc(Br)cc2)cc1C(=O)N1CCCC1. The Bertz CT molecular complexity index is 1240. The summed E-state index contributed by atoms with van der Waals surface area (Å²) < 4.78 is 35.0. The molecule has 7 nitrogen and oxygen atoms in total. The molecule has 1 N–H and O–H groups in total. The molecular weight excluding hydrogens is 530 g/mol. The third kappa shape index (κ3) is 6.27. The number of hydrogen-bond acceptors (Lipinski definition) is 5. The fourth-order valence-electron chi connectivity index (χ4n) is 4.19. The summed E-state index contributed by atoms with van der Waals surface area (Å²) in [5.41, 5.74) is 1.62. The molecule has 1 amide bonds. The van der Waals surface area contributed by atoms with E-state index in [1.54, 1.807) is 30.5 Å². The molecular formula is C26H30BrN3O4S. The van der Waals surface area contributed by atoms with Crippen molar-refractivity contribution in [3.8, 4) is 0 Å². The highest BCUT2D eigenvalue weighted by Crippen LogP contribution is 2.30. The minimum Gasteiger partial charge on any atom is -0.467 e. The van der Waals surface area contributed by atoms with E-state index in [0.717, 1.165) is 48.1 Å². The van der Waals surface area contributed by atoms with Crippen LogP contribution < -0.4 is 9.62 Å². The number of nitrogens with zero attached hydrogens (tertiary/aromatic N) is 2. The number of likely N-dealkylation sites (tertiary alicyclic amines) is 1. The second kappa shape index (κ2) is 11.3. The molecule has 1 aliphatic rings. The molecule has 0 atom stereocenters. The Labute approximate surface area is 215 Å². The molecule has 9 heteroatoms. The van der Waals surface area contributed by atoms with Crippen molar-refractivity contribution in [2.75, 3.05) is 29.3 Å². The monoisotopic (exact) mass is 559 g/mol. The number of hydrogen-bond donors (Lipinski definition) is 1. The first-order valence-corrected chi connectivity index (χ1v) is 14.1. The number of sulfonamides is 1. The van der Waals surface area contributed by atoms with E-state index in [9.17, 15) is 13.2 Å². The van der Waals surface area contributed by atoms with Gasteiger partial charge in [-0.25, -0.2) is 8.42 Å². The maximum atomic E-state index is 13.6. The van der Waals surface area contributed by atoms with Crippen LogP contribution in [0.15, 0.2) is 74.6 Å². The van der Waals surface area contributed by atoms with Crippen molar-refractivity contribution in [1.29, 1.82) is 0 Å². The lowest BCUT2D eigenvalue weighted by Gasteiger charge is -2.28. The molecule has 0 radical (unpaired) electrons. The summed E-state index contributed by atoms with van der Waals surface area (Å²) in [5, 5.41) is 0. The lowest BCUT2D eigenvalue weighted by molar-refractivity contribution is 0.0793. The Morgan fingerprint density at radius 1 is 1.11 bits per heavy atom. The number of nitrogens with one attached hydrogen (secondary N) is 1. The zero-order valence-electron chi connectivity index (χ0n) is 19.7. The normalized spacial score (nSPS) is 13.7. The van der Waals surface area contributed by atoms with E-state index < -0.39 is 10.0 Å². The number of furan rings is 1. The fourth-order valence-corrected chi connectivity index (χ4v) is 5.50. The van der Waals surface area contributed by atoms with Gasteiger partial charge < -0.3 is 14.2 Å². The van der Waals surface area contributed by atoms with Gasteiger partial charge in [-0.3, -0.25) is 9.52 Å². The average Bonchev–Trinajstić information content (AvgIpc) is 3.56. The largest absolute Gasteiger partial charge is 0.467 e. The summed E-state index contributed by atoms with van der Waals surface area (Å²) in [6.07, 6.45) is 5.56. The van der Waals surface area contributed by atoms with Crippen molar-refractivity contribution in [2.45, 2.75) is 44.0 Å². The first-order valence-electron chi connectivity index (χ1n) is 11.9. The summed E-state index contributed by atoms with van der Waals surface area (Å²) in [6, 6.07) is 15.4. The van der Waals surface area contributed by atoms with Crippen LogP contribution in [0.2, 0.25) is 0 Å². The standard InChI is InChI=1S/C26H30BrN3O4S/c1-2-3-14-30(19-22-7-6-17-34-22)25-13-10-21(18-24(25)26(31)29-15-4-5-16-29)28-35(32,33)23-11-8-20(27)9-12-23/h6-13,17-18,28H,2-5,14-16,19H2,1H3. The van der Waals surface area contributed by atoms with Gasteiger partial charge in [0.15, 0.2) is 0 Å². The molecule has 3 aromatic rings. The second-order valence-corrected chi connectivity index (χ2v) is 11.2. The van der Waals surface area contributed by atoms with E-state index in [4.69, 9.17) is 4.42 Å². The number of anilines is 2. The summed E-state index contributed by atoms with van der Waals surface area (Å²) >= 11 is 3.33. The molecule has 0 unspecified atom stereocenters. The first kappa shape index (κ1) is 25.3. The summed E-state index contributed by atoms with van der Waals surface area (Å²) in [6.45, 7) is 4.82. The molecule has 0 bridgehead atoms. The highest BCUT2D eigenvalue weighted by molar-refractivity contribution is 9.10. The predicted octanol–water partition coefficient (Wildman–Crippen LogP) is 5.89. The average molecular weight is 561 g/mol. The molecule has 186 valence electrons. The van der Waals surface area contributed by atoms with Crippen LogP contribution in [-0.2, 0) is 16.6 Å². The number of carbonyl (C=O) groups excluding carboxylic acids is 1. The van der Waals surface area contributed by atoms with Crippen molar-refractivity contribution in [2.24, 2.45) is 0 Å². The van der Waals surface area contributed by atoms with E-state index in [1.807, 2.05) is 23.1 Å². The zero-order chi connectivity index (χ0) is 24.8. The smallest absolute Gasteiger partial charge is 0.261 e. The Kier molecular flexibility index (Phi) is 8.18. The number of amides is 1. The van der Waals surface area contributed by atoms with Crippen LogP contribution in [0, 0.1) is 0 Å². The molecule has 4 rings (SSSR count). The number of halogens is 1. The van der Waals surface area contributed by atoms with Gasteiger partial charge in [0, 0.05) is 29.8 Å². The van der Waals surface area contributed by atoms with Crippen LogP contribution in [0.5, 0.6) is 0 Å². The molecule has 0 saturated carbocycles. The van der Waals surface area contributed by atoms with E-state index in [1.165, 1.54) is 12.1 Å². The van der Waals surface area contributed by atoms with E-state index in [-0.39, 0.29) is 10.8 Å². The van der Waals surface area contributed by atoms with Crippen molar-refractivity contribution < 1.29 is 17.6 Å². The van der Waals surface area contributed by atoms with Crippen LogP contribution >= 0.6 is 15.9 Å². The van der Waals surface area contributed by atoms with Crippen molar-refractivity contribution in [1.82, 2.24) is 4.90 Å². The van der Waals surface area contributed by atoms with E-state index in [0.29, 0.717) is 30.9 Å². The molecule has 0 aliphatic carbocycles. The van der Waals surface area contributed by atoms with Gasteiger partial charge in [0.25, 0.3) is 15.9 Å². The molecule has 35 heavy (non-hydrogen) atoms.